The second-order valence-corrected chi connectivity index (χ2v) is 5.64. The number of aromatic nitrogens is 2. The van der Waals surface area contributed by atoms with Crippen LogP contribution in [0.1, 0.15) is 13.8 Å². The fraction of sp³-hybridized carbons (Fsp3) is 0.385. The van der Waals surface area contributed by atoms with Crippen molar-refractivity contribution in [1.29, 1.82) is 0 Å². The zero-order valence-electron chi connectivity index (χ0n) is 12.1. The molecule has 0 saturated heterocycles. The van der Waals surface area contributed by atoms with E-state index in [9.17, 15) is 14.4 Å². The van der Waals surface area contributed by atoms with Crippen molar-refractivity contribution in [3.05, 3.63) is 28.1 Å². The number of esters is 1. The Labute approximate surface area is 129 Å². The van der Waals surface area contributed by atoms with E-state index in [0.29, 0.717) is 4.88 Å². The predicted octanol–water partition coefficient (Wildman–Crippen LogP) is 0.633. The third-order valence-electron chi connectivity index (χ3n) is 2.43. The zero-order chi connectivity index (χ0) is 16.1. The van der Waals surface area contributed by atoms with Gasteiger partial charge < -0.3 is 14.5 Å². The molecule has 0 atom stereocenters. The second-order valence-electron chi connectivity index (χ2n) is 4.69. The summed E-state index contributed by atoms with van der Waals surface area (Å²) in [6, 6.07) is 3.49. The van der Waals surface area contributed by atoms with Crippen molar-refractivity contribution in [2.24, 2.45) is 0 Å². The Morgan fingerprint density at radius 2 is 2.27 bits per heavy atom. The van der Waals surface area contributed by atoms with E-state index in [0.717, 1.165) is 4.68 Å². The predicted molar refractivity (Wildman–Crippen MR) is 78.3 cm³/mol. The van der Waals surface area contributed by atoms with Crippen LogP contribution in [0.25, 0.3) is 10.8 Å². The molecule has 0 aliphatic carbocycles. The summed E-state index contributed by atoms with van der Waals surface area (Å²) in [7, 11) is 0. The molecule has 0 radical (unpaired) electrons. The van der Waals surface area contributed by atoms with Gasteiger partial charge >= 0.3 is 11.7 Å². The maximum Gasteiger partial charge on any atom is 0.437 e. The second kappa shape index (κ2) is 7.03. The van der Waals surface area contributed by atoms with Crippen LogP contribution < -0.4 is 11.1 Å². The number of nitrogens with one attached hydrogen (secondary N) is 1. The lowest BCUT2D eigenvalue weighted by Gasteiger charge is -2.08. The summed E-state index contributed by atoms with van der Waals surface area (Å²) < 4.78 is 10.6. The molecule has 1 N–H and O–H groups in total. The highest BCUT2D eigenvalue weighted by atomic mass is 32.1. The number of hydrogen-bond donors (Lipinski definition) is 1. The lowest BCUT2D eigenvalue weighted by molar-refractivity contribution is -0.149. The lowest BCUT2D eigenvalue weighted by Crippen LogP contribution is -2.34. The number of ether oxygens (including phenoxy) is 1. The first-order chi connectivity index (χ1) is 10.5. The van der Waals surface area contributed by atoms with Crippen molar-refractivity contribution in [3.8, 4) is 10.8 Å². The van der Waals surface area contributed by atoms with Gasteiger partial charge in [0.15, 0.2) is 6.61 Å². The Bertz CT molecular complexity index is 702. The normalized spacial score (nSPS) is 10.7. The molecule has 0 fully saturated rings. The third-order valence-corrected chi connectivity index (χ3v) is 3.29. The first-order valence-corrected chi connectivity index (χ1v) is 7.40. The van der Waals surface area contributed by atoms with Crippen LogP contribution in [0, 0.1) is 0 Å². The highest BCUT2D eigenvalue weighted by Gasteiger charge is 2.15. The monoisotopic (exact) mass is 325 g/mol. The molecular weight excluding hydrogens is 310 g/mol. The smallest absolute Gasteiger partial charge is 0.437 e. The minimum absolute atomic E-state index is 0.0438. The Morgan fingerprint density at radius 1 is 1.50 bits per heavy atom. The van der Waals surface area contributed by atoms with E-state index in [-0.39, 0.29) is 11.9 Å². The van der Waals surface area contributed by atoms with E-state index in [4.69, 9.17) is 9.15 Å². The summed E-state index contributed by atoms with van der Waals surface area (Å²) in [4.78, 5) is 35.2. The van der Waals surface area contributed by atoms with Crippen LogP contribution in [0.4, 0.5) is 0 Å². The molecule has 0 aliphatic rings. The number of rotatable bonds is 6. The molecule has 22 heavy (non-hydrogen) atoms. The van der Waals surface area contributed by atoms with Gasteiger partial charge in [-0.05, 0) is 25.3 Å². The van der Waals surface area contributed by atoms with Gasteiger partial charge in [0.1, 0.15) is 6.54 Å². The molecule has 0 aliphatic heterocycles. The maximum absolute atomic E-state index is 11.6. The van der Waals surface area contributed by atoms with E-state index in [1.54, 1.807) is 26.0 Å². The van der Waals surface area contributed by atoms with E-state index in [2.05, 4.69) is 10.4 Å². The van der Waals surface area contributed by atoms with Crippen molar-refractivity contribution in [2.45, 2.75) is 26.4 Å². The Kier molecular flexibility index (Phi) is 5.10. The first-order valence-electron chi connectivity index (χ1n) is 6.52. The maximum atomic E-state index is 11.6. The summed E-state index contributed by atoms with van der Waals surface area (Å²) >= 11 is 1.36. The summed E-state index contributed by atoms with van der Waals surface area (Å²) in [6.07, 6.45) is 0. The highest BCUT2D eigenvalue weighted by molar-refractivity contribution is 7.13. The van der Waals surface area contributed by atoms with Crippen LogP contribution in [0.5, 0.6) is 0 Å². The highest BCUT2D eigenvalue weighted by Crippen LogP contribution is 2.20. The van der Waals surface area contributed by atoms with Crippen LogP contribution in [0.15, 0.2) is 26.7 Å². The fourth-order valence-corrected chi connectivity index (χ4v) is 2.23. The quantitative estimate of drug-likeness (QED) is 0.781. The summed E-state index contributed by atoms with van der Waals surface area (Å²) in [5.74, 6) is -1.76. The average molecular weight is 325 g/mol. The number of amides is 1. The first kappa shape index (κ1) is 16.0. The number of nitrogens with zero attached hydrogens (tertiary/aromatic N) is 2. The van der Waals surface area contributed by atoms with Gasteiger partial charge in [0.05, 0.1) is 4.88 Å². The van der Waals surface area contributed by atoms with Crippen molar-refractivity contribution >= 4 is 23.2 Å². The van der Waals surface area contributed by atoms with Crippen LogP contribution in [-0.2, 0) is 20.9 Å². The Hall–Kier alpha value is -2.42. The summed E-state index contributed by atoms with van der Waals surface area (Å²) in [5, 5.41) is 8.31. The van der Waals surface area contributed by atoms with E-state index >= 15 is 0 Å². The topological polar surface area (TPSA) is 103 Å². The molecule has 2 heterocycles. The van der Waals surface area contributed by atoms with Crippen LogP contribution in [0.2, 0.25) is 0 Å². The average Bonchev–Trinajstić information content (AvgIpc) is 3.06. The molecule has 2 rings (SSSR count). The van der Waals surface area contributed by atoms with Gasteiger partial charge in [0.25, 0.3) is 11.8 Å². The molecule has 0 spiro atoms. The molecule has 1 amide bonds. The van der Waals surface area contributed by atoms with Gasteiger partial charge in [-0.15, -0.1) is 16.4 Å². The van der Waals surface area contributed by atoms with Crippen LogP contribution in [0.3, 0.4) is 0 Å². The van der Waals surface area contributed by atoms with E-state index in [1.807, 2.05) is 5.38 Å². The Morgan fingerprint density at radius 3 is 2.91 bits per heavy atom. The molecule has 0 unspecified atom stereocenters. The van der Waals surface area contributed by atoms with Gasteiger partial charge in [-0.25, -0.2) is 4.79 Å². The molecule has 2 aromatic rings. The van der Waals surface area contributed by atoms with Crippen LogP contribution in [-0.4, -0.2) is 34.3 Å². The van der Waals surface area contributed by atoms with E-state index in [1.165, 1.54) is 11.3 Å². The number of carbonyl (C=O) groups excluding carboxylic acids is 2. The zero-order valence-corrected chi connectivity index (χ0v) is 12.9. The van der Waals surface area contributed by atoms with Crippen molar-refractivity contribution in [1.82, 2.24) is 15.1 Å². The van der Waals surface area contributed by atoms with Crippen molar-refractivity contribution < 1.29 is 18.7 Å². The molecule has 2 aromatic heterocycles. The number of hydrogen-bond acceptors (Lipinski definition) is 7. The van der Waals surface area contributed by atoms with Gasteiger partial charge in [0, 0.05) is 6.04 Å². The third kappa shape index (κ3) is 4.29. The summed E-state index contributed by atoms with van der Waals surface area (Å²) in [6.45, 7) is 2.77. The minimum Gasteiger partial charge on any atom is -0.454 e. The minimum atomic E-state index is -0.757. The standard InChI is InChI=1S/C13H15N3O5S/c1-8(2)14-10(17)7-20-11(18)6-16-13(19)21-12(15-16)9-4-3-5-22-9/h3-5,8H,6-7H2,1-2H3,(H,14,17). The molecule has 0 aromatic carbocycles. The SMILES string of the molecule is CC(C)NC(=O)COC(=O)Cn1nc(-c2cccs2)oc1=O. The van der Waals surface area contributed by atoms with Gasteiger partial charge in [-0.3, -0.25) is 9.59 Å². The number of thiophene rings is 1. The molecule has 9 heteroatoms. The fourth-order valence-electron chi connectivity index (χ4n) is 1.58. The molecule has 0 bridgehead atoms. The molecule has 8 nitrogen and oxygen atoms in total. The van der Waals surface area contributed by atoms with Crippen molar-refractivity contribution in [2.75, 3.05) is 6.61 Å². The summed E-state index contributed by atoms with van der Waals surface area (Å²) in [5.41, 5.74) is 0. The molecule has 118 valence electrons. The van der Waals surface area contributed by atoms with Gasteiger partial charge in [-0.2, -0.15) is 4.68 Å². The van der Waals surface area contributed by atoms with Gasteiger partial charge in [0.2, 0.25) is 0 Å². The molecular formula is C13H15N3O5S. The van der Waals surface area contributed by atoms with Crippen LogP contribution >= 0.6 is 11.3 Å². The molecule has 0 saturated carbocycles. The van der Waals surface area contributed by atoms with E-state index < -0.39 is 30.8 Å². The Balaban J connectivity index is 1.92. The largest absolute Gasteiger partial charge is 0.454 e. The number of carbonyl (C=O) groups is 2. The van der Waals surface area contributed by atoms with Crippen molar-refractivity contribution in [3.63, 3.8) is 0 Å². The lowest BCUT2D eigenvalue weighted by atomic mass is 10.4. The van der Waals surface area contributed by atoms with Gasteiger partial charge in [-0.1, -0.05) is 6.07 Å².